The maximum absolute atomic E-state index is 2.48. The molecule has 1 heterocycles. The molecule has 0 N–H and O–H groups in total. The van der Waals surface area contributed by atoms with Crippen LogP contribution in [-0.4, -0.2) is 8.07 Å². The summed E-state index contributed by atoms with van der Waals surface area (Å²) in [5, 5.41) is 8.57. The summed E-state index contributed by atoms with van der Waals surface area (Å²) in [6, 6.07) is 43.2. The van der Waals surface area contributed by atoms with Crippen molar-refractivity contribution in [3.05, 3.63) is 121 Å². The Hall–Kier alpha value is -3.42. The summed E-state index contributed by atoms with van der Waals surface area (Å²) in [7, 11) is -2.37. The molecule has 0 aliphatic carbocycles. The maximum Gasteiger partial charge on any atom is 0.180 e. The van der Waals surface area contributed by atoms with Crippen LogP contribution in [0.1, 0.15) is 5.56 Å². The molecule has 0 bridgehead atoms. The van der Waals surface area contributed by atoms with Crippen LogP contribution in [0.5, 0.6) is 0 Å². The van der Waals surface area contributed by atoms with Gasteiger partial charge in [-0.25, -0.2) is 0 Å². The Morgan fingerprint density at radius 1 is 0.467 bits per heavy atom. The molecule has 0 spiro atoms. The first kappa shape index (κ1) is 17.4. The molecule has 0 fully saturated rings. The van der Waals surface area contributed by atoms with Crippen molar-refractivity contribution in [3.63, 3.8) is 0 Å². The topological polar surface area (TPSA) is 0 Å². The van der Waals surface area contributed by atoms with E-state index < -0.39 is 8.07 Å². The highest BCUT2D eigenvalue weighted by molar-refractivity contribution is 7.22. The number of aryl methyl sites for hydroxylation is 1. The van der Waals surface area contributed by atoms with E-state index in [2.05, 4.69) is 122 Å². The molecule has 0 aromatic heterocycles. The van der Waals surface area contributed by atoms with Gasteiger partial charge in [0.2, 0.25) is 0 Å². The third kappa shape index (κ3) is 2.33. The second-order valence-corrected chi connectivity index (χ2v) is 12.0. The Kier molecular flexibility index (Phi) is 3.81. The van der Waals surface area contributed by atoms with E-state index >= 15 is 0 Å². The molecule has 0 nitrogen and oxygen atoms in total. The number of rotatable bonds is 2. The molecule has 5 aromatic rings. The molecule has 0 amide bonds. The van der Waals surface area contributed by atoms with E-state index in [0.717, 1.165) is 0 Å². The van der Waals surface area contributed by atoms with Crippen molar-refractivity contribution in [2.45, 2.75) is 6.92 Å². The molecule has 1 heteroatoms. The molecular weight excluding hydrogens is 376 g/mol. The first-order chi connectivity index (χ1) is 14.8. The zero-order chi connectivity index (χ0) is 20.1. The zero-order valence-electron chi connectivity index (χ0n) is 17.0. The van der Waals surface area contributed by atoms with E-state index in [1.54, 1.807) is 0 Å². The molecule has 0 saturated carbocycles. The SMILES string of the molecule is Cc1ccc([Si]2(c3ccccc3)c3ccccc3-c3cc4ccccc4cc32)cc1. The number of hydrogen-bond donors (Lipinski definition) is 0. The molecule has 0 radical (unpaired) electrons. The van der Waals surface area contributed by atoms with Crippen molar-refractivity contribution in [1.82, 2.24) is 0 Å². The molecule has 1 unspecified atom stereocenters. The molecule has 0 saturated heterocycles. The van der Waals surface area contributed by atoms with Crippen LogP contribution in [0.4, 0.5) is 0 Å². The van der Waals surface area contributed by atoms with E-state index in [-0.39, 0.29) is 0 Å². The molecule has 5 aromatic carbocycles. The van der Waals surface area contributed by atoms with E-state index in [1.165, 1.54) is 48.2 Å². The number of fused-ring (bicyclic) bond motifs is 4. The minimum atomic E-state index is -2.37. The van der Waals surface area contributed by atoms with Gasteiger partial charge in [-0.15, -0.1) is 0 Å². The molecule has 1 atom stereocenters. The van der Waals surface area contributed by atoms with Gasteiger partial charge in [0.1, 0.15) is 0 Å². The summed E-state index contributed by atoms with van der Waals surface area (Å²) < 4.78 is 0. The molecule has 1 aliphatic heterocycles. The van der Waals surface area contributed by atoms with E-state index in [0.29, 0.717) is 0 Å². The van der Waals surface area contributed by atoms with Crippen LogP contribution in [-0.2, 0) is 0 Å². The second kappa shape index (κ2) is 6.55. The fourth-order valence-electron chi connectivity index (χ4n) is 5.24. The van der Waals surface area contributed by atoms with Crippen molar-refractivity contribution in [3.8, 4) is 11.1 Å². The number of benzene rings is 5. The lowest BCUT2D eigenvalue weighted by Gasteiger charge is -2.31. The average Bonchev–Trinajstić information content (AvgIpc) is 3.09. The van der Waals surface area contributed by atoms with Crippen LogP contribution < -0.4 is 20.7 Å². The lowest BCUT2D eigenvalue weighted by molar-refractivity contribution is 1.49. The highest BCUT2D eigenvalue weighted by Crippen LogP contribution is 2.31. The molecule has 142 valence electrons. The van der Waals surface area contributed by atoms with Gasteiger partial charge in [0.15, 0.2) is 8.07 Å². The third-order valence-electron chi connectivity index (χ3n) is 6.60. The van der Waals surface area contributed by atoms with Crippen molar-refractivity contribution in [2.75, 3.05) is 0 Å². The monoisotopic (exact) mass is 398 g/mol. The van der Waals surface area contributed by atoms with Crippen molar-refractivity contribution in [2.24, 2.45) is 0 Å². The minimum absolute atomic E-state index is 1.31. The predicted octanol–water partition coefficient (Wildman–Crippen LogP) is 4.51. The Balaban J connectivity index is 1.82. The maximum atomic E-state index is 2.48. The smallest absolute Gasteiger partial charge is 0.0623 e. The summed E-state index contributed by atoms with van der Waals surface area (Å²) >= 11 is 0. The van der Waals surface area contributed by atoms with Gasteiger partial charge in [-0.3, -0.25) is 0 Å². The fourth-order valence-corrected chi connectivity index (χ4v) is 10.4. The second-order valence-electron chi connectivity index (χ2n) is 8.27. The van der Waals surface area contributed by atoms with Gasteiger partial charge in [-0.2, -0.15) is 0 Å². The van der Waals surface area contributed by atoms with Crippen molar-refractivity contribution >= 4 is 39.6 Å². The number of hydrogen-bond acceptors (Lipinski definition) is 0. The Morgan fingerprint density at radius 3 is 1.83 bits per heavy atom. The summed E-state index contributed by atoms with van der Waals surface area (Å²) in [5.74, 6) is 0. The summed E-state index contributed by atoms with van der Waals surface area (Å²) in [6.45, 7) is 2.17. The lowest BCUT2D eigenvalue weighted by Crippen LogP contribution is -2.72. The van der Waals surface area contributed by atoms with Crippen LogP contribution in [0.25, 0.3) is 21.9 Å². The highest BCUT2D eigenvalue weighted by atomic mass is 28.3. The molecule has 1 aliphatic rings. The van der Waals surface area contributed by atoms with E-state index in [1.807, 2.05) is 0 Å². The van der Waals surface area contributed by atoms with Crippen LogP contribution in [0.15, 0.2) is 115 Å². The van der Waals surface area contributed by atoms with E-state index in [9.17, 15) is 0 Å². The van der Waals surface area contributed by atoms with Crippen molar-refractivity contribution < 1.29 is 0 Å². The third-order valence-corrected chi connectivity index (χ3v) is 11.5. The van der Waals surface area contributed by atoms with Gasteiger partial charge >= 0.3 is 0 Å². The Morgan fingerprint density at radius 2 is 1.07 bits per heavy atom. The first-order valence-electron chi connectivity index (χ1n) is 10.5. The highest BCUT2D eigenvalue weighted by Gasteiger charge is 2.48. The van der Waals surface area contributed by atoms with E-state index in [4.69, 9.17) is 0 Å². The van der Waals surface area contributed by atoms with Gasteiger partial charge in [-0.05, 0) is 55.6 Å². The predicted molar refractivity (Wildman–Crippen MR) is 131 cm³/mol. The molecule has 30 heavy (non-hydrogen) atoms. The Labute approximate surface area is 178 Å². The van der Waals surface area contributed by atoms with Crippen molar-refractivity contribution in [1.29, 1.82) is 0 Å². The largest absolute Gasteiger partial charge is 0.180 e. The molecular formula is C29H22Si. The van der Waals surface area contributed by atoms with Gasteiger partial charge in [0.05, 0.1) is 0 Å². The molecule has 6 rings (SSSR count). The fraction of sp³-hybridized carbons (Fsp3) is 0.0345. The Bertz CT molecular complexity index is 1380. The van der Waals surface area contributed by atoms with Gasteiger partial charge in [0.25, 0.3) is 0 Å². The lowest BCUT2D eigenvalue weighted by atomic mass is 10.0. The average molecular weight is 399 g/mol. The zero-order valence-corrected chi connectivity index (χ0v) is 18.0. The summed E-state index contributed by atoms with van der Waals surface area (Å²) in [6.07, 6.45) is 0. The van der Waals surface area contributed by atoms with Crippen LogP contribution in [0.2, 0.25) is 0 Å². The summed E-state index contributed by atoms with van der Waals surface area (Å²) in [5.41, 5.74) is 4.11. The standard InChI is InChI=1S/C29H22Si/c1-21-15-17-25(18-16-21)30(24-11-3-2-4-12-24)28-14-8-7-13-26(28)27-19-22-9-5-6-10-23(22)20-29(27)30/h2-20H,1H3. The van der Waals surface area contributed by atoms with Crippen LogP contribution in [0, 0.1) is 6.92 Å². The minimum Gasteiger partial charge on any atom is -0.0623 e. The van der Waals surface area contributed by atoms with Gasteiger partial charge in [-0.1, -0.05) is 115 Å². The first-order valence-corrected chi connectivity index (χ1v) is 12.5. The van der Waals surface area contributed by atoms with Crippen LogP contribution in [0.3, 0.4) is 0 Å². The normalized spacial score (nSPS) is 17.0. The van der Waals surface area contributed by atoms with Crippen LogP contribution >= 0.6 is 0 Å². The van der Waals surface area contributed by atoms with Gasteiger partial charge in [0, 0.05) is 0 Å². The quantitative estimate of drug-likeness (QED) is 0.377. The van der Waals surface area contributed by atoms with Gasteiger partial charge < -0.3 is 0 Å². The summed E-state index contributed by atoms with van der Waals surface area (Å²) in [4.78, 5) is 0.